The highest BCUT2D eigenvalue weighted by Crippen LogP contribution is 2.34. The van der Waals surface area contributed by atoms with Crippen LogP contribution in [0, 0.1) is 0 Å². The van der Waals surface area contributed by atoms with Gasteiger partial charge in [0, 0.05) is 17.8 Å². The Hall–Kier alpha value is -2.46. The van der Waals surface area contributed by atoms with E-state index in [1.165, 1.54) is 18.2 Å². The van der Waals surface area contributed by atoms with Gasteiger partial charge in [-0.05, 0) is 31.3 Å². The van der Waals surface area contributed by atoms with Crippen LogP contribution in [0.25, 0.3) is 0 Å². The van der Waals surface area contributed by atoms with Crippen molar-refractivity contribution in [3.8, 4) is 5.75 Å². The van der Waals surface area contributed by atoms with E-state index in [-0.39, 0.29) is 10.8 Å². The maximum Gasteiger partial charge on any atom is 0.244 e. The van der Waals surface area contributed by atoms with Gasteiger partial charge in [0.25, 0.3) is 0 Å². The predicted octanol–water partition coefficient (Wildman–Crippen LogP) is 1.35. The van der Waals surface area contributed by atoms with Gasteiger partial charge in [-0.15, -0.1) is 0 Å². The normalized spacial score (nSPS) is 20.5. The lowest BCUT2D eigenvalue weighted by atomic mass is 9.97. The molecule has 1 aliphatic heterocycles. The van der Waals surface area contributed by atoms with Gasteiger partial charge in [-0.3, -0.25) is 9.69 Å². The number of para-hydroxylation sites is 1. The maximum absolute atomic E-state index is 13.1. The van der Waals surface area contributed by atoms with Crippen molar-refractivity contribution in [1.29, 1.82) is 0 Å². The van der Waals surface area contributed by atoms with Crippen LogP contribution in [0.4, 0.5) is 5.69 Å². The lowest BCUT2D eigenvalue weighted by Gasteiger charge is -2.38. The molecule has 1 fully saturated rings. The molecule has 0 radical (unpaired) electrons. The monoisotopic (exact) mass is 405 g/mol. The summed E-state index contributed by atoms with van der Waals surface area (Å²) in [5.74, 6) is 0.321. The van der Waals surface area contributed by atoms with Gasteiger partial charge in [-0.25, -0.2) is 13.6 Å². The lowest BCUT2D eigenvalue weighted by molar-refractivity contribution is -0.134. The molecule has 0 aromatic heterocycles. The number of nitrogens with zero attached hydrogens (tertiary/aromatic N) is 1. The first-order valence-electron chi connectivity index (χ1n) is 8.70. The summed E-state index contributed by atoms with van der Waals surface area (Å²) < 4.78 is 34.5. The smallest absolute Gasteiger partial charge is 0.244 e. The number of methoxy groups -OCH3 is 1. The van der Waals surface area contributed by atoms with E-state index in [4.69, 9.17) is 14.6 Å². The zero-order chi connectivity index (χ0) is 20.3. The van der Waals surface area contributed by atoms with Crippen molar-refractivity contribution >= 4 is 21.6 Å². The first-order valence-corrected chi connectivity index (χ1v) is 10.2. The fourth-order valence-electron chi connectivity index (χ4n) is 3.25. The van der Waals surface area contributed by atoms with Crippen LogP contribution in [0.1, 0.15) is 11.7 Å². The molecule has 1 amide bonds. The van der Waals surface area contributed by atoms with Crippen LogP contribution in [0.3, 0.4) is 0 Å². The minimum Gasteiger partial charge on any atom is -0.496 e. The Morgan fingerprint density at radius 2 is 2.00 bits per heavy atom. The van der Waals surface area contributed by atoms with Crippen molar-refractivity contribution in [2.75, 3.05) is 32.6 Å². The standard InChI is InChI=1S/C19H23N3O5S/c1-22-10-11-27-18(15-8-3-4-9-16(15)26-2)17(22)19(23)21-13-6-5-7-14(12-13)28(20,24)25/h3-9,12,17-18H,10-11H2,1-2H3,(H,21,23)(H2,20,24,25)/t17?,18-/m0/s1. The number of morpholine rings is 1. The summed E-state index contributed by atoms with van der Waals surface area (Å²) in [4.78, 5) is 14.9. The van der Waals surface area contributed by atoms with Crippen molar-refractivity contribution in [3.63, 3.8) is 0 Å². The van der Waals surface area contributed by atoms with Crippen molar-refractivity contribution in [2.24, 2.45) is 5.14 Å². The van der Waals surface area contributed by atoms with Gasteiger partial charge in [0.05, 0.1) is 18.6 Å². The number of amides is 1. The Morgan fingerprint density at radius 3 is 2.71 bits per heavy atom. The average Bonchev–Trinajstić information content (AvgIpc) is 2.67. The number of rotatable bonds is 5. The summed E-state index contributed by atoms with van der Waals surface area (Å²) in [6, 6.07) is 12.6. The van der Waals surface area contributed by atoms with Crippen LogP contribution in [0.5, 0.6) is 5.75 Å². The summed E-state index contributed by atoms with van der Waals surface area (Å²) in [5, 5.41) is 7.94. The number of hydrogen-bond acceptors (Lipinski definition) is 6. The van der Waals surface area contributed by atoms with Crippen LogP contribution in [0.2, 0.25) is 0 Å². The molecule has 9 heteroatoms. The molecule has 8 nitrogen and oxygen atoms in total. The lowest BCUT2D eigenvalue weighted by Crippen LogP contribution is -2.51. The Bertz CT molecular complexity index is 964. The molecule has 0 bridgehead atoms. The maximum atomic E-state index is 13.1. The SMILES string of the molecule is COc1ccccc1[C@@H]1OCCN(C)C1C(=O)Nc1cccc(S(N)(=O)=O)c1. The minimum absolute atomic E-state index is 0.0696. The molecule has 0 aliphatic carbocycles. The van der Waals surface area contributed by atoms with Gasteiger partial charge in [0.2, 0.25) is 15.9 Å². The third kappa shape index (κ3) is 4.33. The molecule has 1 heterocycles. The molecule has 3 N–H and O–H groups in total. The third-order valence-electron chi connectivity index (χ3n) is 4.65. The second-order valence-corrected chi connectivity index (χ2v) is 8.08. The number of likely N-dealkylation sites (N-methyl/N-ethyl adjacent to an activating group) is 1. The topological polar surface area (TPSA) is 111 Å². The van der Waals surface area contributed by atoms with E-state index < -0.39 is 22.2 Å². The van der Waals surface area contributed by atoms with Crippen LogP contribution >= 0.6 is 0 Å². The molecule has 1 saturated heterocycles. The molecule has 2 aromatic carbocycles. The highest BCUT2D eigenvalue weighted by atomic mass is 32.2. The van der Waals surface area contributed by atoms with Crippen molar-refractivity contribution in [3.05, 3.63) is 54.1 Å². The summed E-state index contributed by atoms with van der Waals surface area (Å²) in [5.41, 5.74) is 1.12. The fraction of sp³-hybridized carbons (Fsp3) is 0.316. The molecular formula is C19H23N3O5S. The van der Waals surface area contributed by atoms with Gasteiger partial charge in [0.15, 0.2) is 0 Å². The van der Waals surface area contributed by atoms with Crippen molar-refractivity contribution in [2.45, 2.75) is 17.0 Å². The van der Waals surface area contributed by atoms with Crippen LogP contribution in [-0.2, 0) is 19.6 Å². The van der Waals surface area contributed by atoms with Gasteiger partial charge < -0.3 is 14.8 Å². The van der Waals surface area contributed by atoms with E-state index in [0.717, 1.165) is 5.56 Å². The molecule has 150 valence electrons. The predicted molar refractivity (Wildman–Crippen MR) is 105 cm³/mol. The Kier molecular flexibility index (Phi) is 5.99. The number of benzene rings is 2. The molecule has 28 heavy (non-hydrogen) atoms. The Morgan fingerprint density at radius 1 is 1.25 bits per heavy atom. The fourth-order valence-corrected chi connectivity index (χ4v) is 3.81. The number of primary sulfonamides is 1. The summed E-state index contributed by atoms with van der Waals surface area (Å²) >= 11 is 0. The van der Waals surface area contributed by atoms with E-state index in [0.29, 0.717) is 24.6 Å². The third-order valence-corrected chi connectivity index (χ3v) is 5.56. The van der Waals surface area contributed by atoms with E-state index in [2.05, 4.69) is 5.32 Å². The molecule has 1 aliphatic rings. The number of nitrogens with two attached hydrogens (primary N) is 1. The molecule has 2 atom stereocenters. The van der Waals surface area contributed by atoms with Crippen LogP contribution in [0.15, 0.2) is 53.4 Å². The number of carbonyl (C=O) groups is 1. The number of nitrogens with one attached hydrogen (secondary N) is 1. The van der Waals surface area contributed by atoms with Gasteiger partial charge in [-0.2, -0.15) is 0 Å². The summed E-state index contributed by atoms with van der Waals surface area (Å²) in [6.45, 7) is 1.06. The van der Waals surface area contributed by atoms with Gasteiger partial charge >= 0.3 is 0 Å². The van der Waals surface area contributed by atoms with E-state index in [9.17, 15) is 13.2 Å². The zero-order valence-electron chi connectivity index (χ0n) is 15.7. The van der Waals surface area contributed by atoms with E-state index >= 15 is 0 Å². The minimum atomic E-state index is -3.86. The highest BCUT2D eigenvalue weighted by molar-refractivity contribution is 7.89. The first kappa shape index (κ1) is 20.3. The van der Waals surface area contributed by atoms with Crippen molar-refractivity contribution < 1.29 is 22.7 Å². The highest BCUT2D eigenvalue weighted by Gasteiger charge is 2.38. The molecule has 0 spiro atoms. The average molecular weight is 405 g/mol. The summed E-state index contributed by atoms with van der Waals surface area (Å²) in [6.07, 6.45) is -0.531. The second kappa shape index (κ2) is 8.27. The first-order chi connectivity index (χ1) is 13.3. The largest absolute Gasteiger partial charge is 0.496 e. The second-order valence-electron chi connectivity index (χ2n) is 6.52. The van der Waals surface area contributed by atoms with Gasteiger partial charge in [-0.1, -0.05) is 24.3 Å². The quantitative estimate of drug-likeness (QED) is 0.777. The molecule has 1 unspecified atom stereocenters. The van der Waals surface area contributed by atoms with E-state index in [1.54, 1.807) is 13.2 Å². The zero-order valence-corrected chi connectivity index (χ0v) is 16.5. The molecule has 2 aromatic rings. The Balaban J connectivity index is 1.89. The Labute approximate surface area is 164 Å². The summed E-state index contributed by atoms with van der Waals surface area (Å²) in [7, 11) is -0.451. The van der Waals surface area contributed by atoms with Crippen LogP contribution in [-0.4, -0.2) is 52.6 Å². The van der Waals surface area contributed by atoms with Crippen molar-refractivity contribution in [1.82, 2.24) is 4.90 Å². The molecular weight excluding hydrogens is 382 g/mol. The number of sulfonamides is 1. The molecule has 0 saturated carbocycles. The van der Waals surface area contributed by atoms with Gasteiger partial charge in [0.1, 0.15) is 17.9 Å². The number of anilines is 1. The number of ether oxygens (including phenoxy) is 2. The number of carbonyl (C=O) groups excluding carboxylic acids is 1. The van der Waals surface area contributed by atoms with Crippen LogP contribution < -0.4 is 15.2 Å². The van der Waals surface area contributed by atoms with E-state index in [1.807, 2.05) is 36.2 Å². The number of hydrogen-bond donors (Lipinski definition) is 2. The molecule has 3 rings (SSSR count).